The van der Waals surface area contributed by atoms with Crippen molar-refractivity contribution in [2.45, 2.75) is 32.4 Å². The number of rotatable bonds is 5. The van der Waals surface area contributed by atoms with Crippen molar-refractivity contribution in [3.63, 3.8) is 0 Å². The summed E-state index contributed by atoms with van der Waals surface area (Å²) in [6, 6.07) is 5.64. The van der Waals surface area contributed by atoms with Crippen LogP contribution in [0.15, 0.2) is 18.2 Å². The SMILES string of the molecule is CC(O)CCC(=O)NCc1ccc2c(c1)OCCO2. The van der Waals surface area contributed by atoms with Crippen LogP contribution >= 0.6 is 0 Å². The van der Waals surface area contributed by atoms with Crippen molar-refractivity contribution >= 4 is 5.91 Å². The lowest BCUT2D eigenvalue weighted by Gasteiger charge is -2.19. The van der Waals surface area contributed by atoms with E-state index < -0.39 is 6.10 Å². The average Bonchev–Trinajstić information content (AvgIpc) is 2.42. The summed E-state index contributed by atoms with van der Waals surface area (Å²) in [5.74, 6) is 1.41. The summed E-state index contributed by atoms with van der Waals surface area (Å²) in [7, 11) is 0. The van der Waals surface area contributed by atoms with Crippen molar-refractivity contribution < 1.29 is 19.4 Å². The van der Waals surface area contributed by atoms with Gasteiger partial charge in [-0.2, -0.15) is 0 Å². The maximum absolute atomic E-state index is 11.5. The molecule has 0 bridgehead atoms. The summed E-state index contributed by atoms with van der Waals surface area (Å²) >= 11 is 0. The number of carbonyl (C=O) groups is 1. The number of aliphatic hydroxyl groups is 1. The van der Waals surface area contributed by atoms with Crippen LogP contribution in [0.1, 0.15) is 25.3 Å². The second-order valence-corrected chi connectivity index (χ2v) is 4.64. The first-order valence-corrected chi connectivity index (χ1v) is 6.48. The number of carbonyl (C=O) groups excluding carboxylic acids is 1. The molecule has 0 saturated heterocycles. The Morgan fingerprint density at radius 3 is 2.84 bits per heavy atom. The molecule has 0 spiro atoms. The van der Waals surface area contributed by atoms with Crippen LogP contribution in [0, 0.1) is 0 Å². The minimum atomic E-state index is -0.444. The Morgan fingerprint density at radius 2 is 2.11 bits per heavy atom. The Labute approximate surface area is 112 Å². The second kappa shape index (κ2) is 6.43. The van der Waals surface area contributed by atoms with E-state index in [1.807, 2.05) is 18.2 Å². The highest BCUT2D eigenvalue weighted by Crippen LogP contribution is 2.30. The number of hydrogen-bond donors (Lipinski definition) is 2. The van der Waals surface area contributed by atoms with E-state index in [1.54, 1.807) is 6.92 Å². The standard InChI is InChI=1S/C14H19NO4/c1-10(16)2-5-14(17)15-9-11-3-4-12-13(8-11)19-7-6-18-12/h3-4,8,10,16H,2,5-7,9H2,1H3,(H,15,17). The summed E-state index contributed by atoms with van der Waals surface area (Å²) in [6.45, 7) is 3.25. The van der Waals surface area contributed by atoms with Gasteiger partial charge >= 0.3 is 0 Å². The molecule has 2 rings (SSSR count). The third kappa shape index (κ3) is 4.13. The van der Waals surface area contributed by atoms with E-state index in [0.717, 1.165) is 17.1 Å². The molecule has 0 fully saturated rings. The first kappa shape index (κ1) is 13.7. The third-order valence-corrected chi connectivity index (χ3v) is 2.89. The molecule has 0 saturated carbocycles. The molecule has 0 radical (unpaired) electrons. The molecule has 19 heavy (non-hydrogen) atoms. The van der Waals surface area contributed by atoms with Gasteiger partial charge in [-0.3, -0.25) is 4.79 Å². The van der Waals surface area contributed by atoms with Crippen LogP contribution in [0.25, 0.3) is 0 Å². The van der Waals surface area contributed by atoms with Gasteiger partial charge < -0.3 is 19.9 Å². The van der Waals surface area contributed by atoms with Crippen LogP contribution in [0.4, 0.5) is 0 Å². The Hall–Kier alpha value is -1.75. The predicted molar refractivity (Wildman–Crippen MR) is 70.2 cm³/mol. The zero-order valence-electron chi connectivity index (χ0n) is 11.0. The van der Waals surface area contributed by atoms with E-state index in [2.05, 4.69) is 5.32 Å². The highest BCUT2D eigenvalue weighted by atomic mass is 16.6. The Kier molecular flexibility index (Phi) is 4.63. The monoisotopic (exact) mass is 265 g/mol. The van der Waals surface area contributed by atoms with Gasteiger partial charge in [0.1, 0.15) is 13.2 Å². The van der Waals surface area contributed by atoms with Gasteiger partial charge in [0.25, 0.3) is 0 Å². The number of aliphatic hydroxyl groups excluding tert-OH is 1. The van der Waals surface area contributed by atoms with Gasteiger partial charge in [0.05, 0.1) is 6.10 Å². The van der Waals surface area contributed by atoms with E-state index in [9.17, 15) is 4.79 Å². The van der Waals surface area contributed by atoms with Crippen molar-refractivity contribution in [2.75, 3.05) is 13.2 Å². The smallest absolute Gasteiger partial charge is 0.220 e. The number of hydrogen-bond acceptors (Lipinski definition) is 4. The fourth-order valence-electron chi connectivity index (χ4n) is 1.83. The van der Waals surface area contributed by atoms with Crippen LogP contribution < -0.4 is 14.8 Å². The lowest BCUT2D eigenvalue weighted by molar-refractivity contribution is -0.121. The Bertz CT molecular complexity index is 445. The summed E-state index contributed by atoms with van der Waals surface area (Å²) in [5.41, 5.74) is 0.967. The number of fused-ring (bicyclic) bond motifs is 1. The Morgan fingerprint density at radius 1 is 1.37 bits per heavy atom. The molecule has 1 aliphatic rings. The highest BCUT2D eigenvalue weighted by Gasteiger charge is 2.12. The zero-order chi connectivity index (χ0) is 13.7. The number of ether oxygens (including phenoxy) is 2. The molecule has 1 atom stereocenters. The fraction of sp³-hybridized carbons (Fsp3) is 0.500. The van der Waals surface area contributed by atoms with Crippen molar-refractivity contribution in [2.24, 2.45) is 0 Å². The van der Waals surface area contributed by atoms with E-state index in [-0.39, 0.29) is 5.91 Å². The van der Waals surface area contributed by atoms with Crippen LogP contribution in [0.3, 0.4) is 0 Å². The number of amides is 1. The topological polar surface area (TPSA) is 67.8 Å². The van der Waals surface area contributed by atoms with E-state index >= 15 is 0 Å². The van der Waals surface area contributed by atoms with Gasteiger partial charge in [0.15, 0.2) is 11.5 Å². The highest BCUT2D eigenvalue weighted by molar-refractivity contribution is 5.75. The summed E-state index contributed by atoms with van der Waals surface area (Å²) in [6.07, 6.45) is 0.370. The fourth-order valence-corrected chi connectivity index (χ4v) is 1.83. The molecule has 5 nitrogen and oxygen atoms in total. The first-order chi connectivity index (χ1) is 9.15. The summed E-state index contributed by atoms with van der Waals surface area (Å²) in [5, 5.41) is 11.9. The van der Waals surface area contributed by atoms with Crippen LogP contribution in [-0.2, 0) is 11.3 Å². The van der Waals surface area contributed by atoms with Gasteiger partial charge in [-0.15, -0.1) is 0 Å². The summed E-state index contributed by atoms with van der Waals surface area (Å²) < 4.78 is 10.9. The molecule has 1 amide bonds. The van der Waals surface area contributed by atoms with Crippen LogP contribution in [-0.4, -0.2) is 30.3 Å². The van der Waals surface area contributed by atoms with Gasteiger partial charge in [-0.25, -0.2) is 0 Å². The van der Waals surface area contributed by atoms with Crippen LogP contribution in [0.5, 0.6) is 11.5 Å². The zero-order valence-corrected chi connectivity index (χ0v) is 11.0. The van der Waals surface area contributed by atoms with Crippen molar-refractivity contribution in [1.29, 1.82) is 0 Å². The molecule has 1 aliphatic heterocycles. The average molecular weight is 265 g/mol. The number of benzene rings is 1. The van der Waals surface area contributed by atoms with E-state index in [0.29, 0.717) is 32.6 Å². The van der Waals surface area contributed by atoms with E-state index in [1.165, 1.54) is 0 Å². The molecule has 1 unspecified atom stereocenters. The molecule has 104 valence electrons. The predicted octanol–water partition coefficient (Wildman–Crippen LogP) is 1.24. The Balaban J connectivity index is 1.84. The van der Waals surface area contributed by atoms with Crippen molar-refractivity contribution in [1.82, 2.24) is 5.32 Å². The normalized spacial score (nSPS) is 14.8. The maximum atomic E-state index is 11.5. The first-order valence-electron chi connectivity index (χ1n) is 6.48. The second-order valence-electron chi connectivity index (χ2n) is 4.64. The third-order valence-electron chi connectivity index (χ3n) is 2.89. The largest absolute Gasteiger partial charge is 0.486 e. The van der Waals surface area contributed by atoms with Gasteiger partial charge in [0.2, 0.25) is 5.91 Å². The van der Waals surface area contributed by atoms with Gasteiger partial charge in [-0.05, 0) is 31.0 Å². The molecule has 0 aromatic heterocycles. The minimum absolute atomic E-state index is 0.0595. The number of nitrogens with one attached hydrogen (secondary N) is 1. The maximum Gasteiger partial charge on any atom is 0.220 e. The van der Waals surface area contributed by atoms with Gasteiger partial charge in [0, 0.05) is 13.0 Å². The summed E-state index contributed by atoms with van der Waals surface area (Å²) in [4.78, 5) is 11.5. The minimum Gasteiger partial charge on any atom is -0.486 e. The lowest BCUT2D eigenvalue weighted by Crippen LogP contribution is -2.23. The lowest BCUT2D eigenvalue weighted by atomic mass is 10.1. The molecule has 1 heterocycles. The molecule has 1 aromatic rings. The molecule has 0 aliphatic carbocycles. The van der Waals surface area contributed by atoms with Gasteiger partial charge in [-0.1, -0.05) is 6.07 Å². The van der Waals surface area contributed by atoms with E-state index in [4.69, 9.17) is 14.6 Å². The van der Waals surface area contributed by atoms with Crippen molar-refractivity contribution in [3.8, 4) is 11.5 Å². The quantitative estimate of drug-likeness (QED) is 0.840. The molecular weight excluding hydrogens is 246 g/mol. The molecule has 1 aromatic carbocycles. The molecule has 5 heteroatoms. The van der Waals surface area contributed by atoms with Crippen LogP contribution in [0.2, 0.25) is 0 Å². The molecule has 2 N–H and O–H groups in total. The van der Waals surface area contributed by atoms with Crippen molar-refractivity contribution in [3.05, 3.63) is 23.8 Å². The molecular formula is C14H19NO4.